The molecule has 0 bridgehead atoms. The zero-order valence-corrected chi connectivity index (χ0v) is 17.1. The van der Waals surface area contributed by atoms with Crippen molar-refractivity contribution in [3.63, 3.8) is 0 Å². The lowest BCUT2D eigenvalue weighted by Gasteiger charge is -2.29. The second kappa shape index (κ2) is 9.51. The molecular weight excluding hydrogens is 419 g/mol. The number of halogens is 2. The number of carbonyl (C=O) groups is 1. The van der Waals surface area contributed by atoms with Gasteiger partial charge in [-0.15, -0.1) is 11.6 Å². The van der Waals surface area contributed by atoms with Crippen LogP contribution in [0.25, 0.3) is 0 Å². The number of nitrogens with zero attached hydrogens (tertiary/aromatic N) is 1. The molecule has 2 aromatic rings. The van der Waals surface area contributed by atoms with Crippen molar-refractivity contribution in [2.24, 2.45) is 0 Å². The number of urea groups is 1. The highest BCUT2D eigenvalue weighted by Crippen LogP contribution is 2.27. The average Bonchev–Trinajstić information content (AvgIpc) is 2.70. The van der Waals surface area contributed by atoms with E-state index in [1.807, 2.05) is 6.07 Å². The molecule has 3 atom stereocenters. The quantitative estimate of drug-likeness (QED) is 0.600. The molecular formula is C19H22ClFN4O3S. The van der Waals surface area contributed by atoms with Gasteiger partial charge in [0.05, 0.1) is 10.3 Å². The molecule has 0 saturated heterocycles. The fourth-order valence-electron chi connectivity index (χ4n) is 3.05. The number of amides is 2. The zero-order valence-electron chi connectivity index (χ0n) is 15.5. The summed E-state index contributed by atoms with van der Waals surface area (Å²) in [6.45, 7) is 0.316. The largest absolute Gasteiger partial charge is 0.334 e. The summed E-state index contributed by atoms with van der Waals surface area (Å²) in [4.78, 5) is 16.0. The third-order valence-electron chi connectivity index (χ3n) is 4.61. The summed E-state index contributed by atoms with van der Waals surface area (Å²) in [5.41, 5.74) is 1.30. The second-order valence-corrected chi connectivity index (χ2v) is 9.12. The van der Waals surface area contributed by atoms with Crippen LogP contribution in [0.2, 0.25) is 0 Å². The van der Waals surface area contributed by atoms with E-state index in [2.05, 4.69) is 20.3 Å². The number of alkyl halides is 2. The Balaban J connectivity index is 1.55. The summed E-state index contributed by atoms with van der Waals surface area (Å²) in [5, 5.41) is 4.74. The van der Waals surface area contributed by atoms with E-state index in [1.165, 1.54) is 24.3 Å². The Morgan fingerprint density at radius 2 is 1.97 bits per heavy atom. The van der Waals surface area contributed by atoms with Crippen LogP contribution in [0, 0.1) is 0 Å². The van der Waals surface area contributed by atoms with E-state index in [1.54, 1.807) is 18.5 Å². The molecule has 29 heavy (non-hydrogen) atoms. The van der Waals surface area contributed by atoms with Crippen LogP contribution in [0.1, 0.15) is 24.8 Å². The van der Waals surface area contributed by atoms with Crippen LogP contribution in [-0.4, -0.2) is 37.0 Å². The van der Waals surface area contributed by atoms with Crippen LogP contribution in [0.15, 0.2) is 53.7 Å². The molecule has 1 saturated carbocycles. The summed E-state index contributed by atoms with van der Waals surface area (Å²) in [6.07, 6.45) is 3.07. The van der Waals surface area contributed by atoms with E-state index >= 15 is 0 Å². The summed E-state index contributed by atoms with van der Waals surface area (Å²) >= 11 is 6.10. The molecule has 1 aliphatic rings. The van der Waals surface area contributed by atoms with Crippen LogP contribution in [0.3, 0.4) is 0 Å². The van der Waals surface area contributed by atoms with Gasteiger partial charge in [-0.3, -0.25) is 4.98 Å². The number of sulfonamides is 1. The van der Waals surface area contributed by atoms with Crippen molar-refractivity contribution in [3.8, 4) is 0 Å². The smallest absolute Gasteiger partial charge is 0.319 e. The molecule has 1 aromatic carbocycles. The first kappa shape index (κ1) is 21.5. The van der Waals surface area contributed by atoms with Crippen molar-refractivity contribution < 1.29 is 17.6 Å². The van der Waals surface area contributed by atoms with E-state index in [0.717, 1.165) is 5.56 Å². The molecule has 0 aliphatic heterocycles. The first-order valence-corrected chi connectivity index (χ1v) is 11.1. The third-order valence-corrected chi connectivity index (χ3v) is 6.60. The highest BCUT2D eigenvalue weighted by Gasteiger charge is 2.32. The summed E-state index contributed by atoms with van der Waals surface area (Å²) < 4.78 is 41.0. The van der Waals surface area contributed by atoms with Gasteiger partial charge in [-0.1, -0.05) is 6.07 Å². The number of pyridine rings is 1. The van der Waals surface area contributed by atoms with Gasteiger partial charge in [0, 0.05) is 30.7 Å². The van der Waals surface area contributed by atoms with Crippen molar-refractivity contribution in [2.75, 3.05) is 5.32 Å². The van der Waals surface area contributed by atoms with Gasteiger partial charge >= 0.3 is 6.03 Å². The molecule has 1 fully saturated rings. The molecule has 1 heterocycles. The van der Waals surface area contributed by atoms with Gasteiger partial charge < -0.3 is 10.6 Å². The predicted molar refractivity (Wildman–Crippen MR) is 109 cm³/mol. The van der Waals surface area contributed by atoms with E-state index in [-0.39, 0.29) is 17.7 Å². The maximum absolute atomic E-state index is 13.4. The molecule has 0 spiro atoms. The molecule has 10 heteroatoms. The Kier molecular flexibility index (Phi) is 7.05. The van der Waals surface area contributed by atoms with E-state index in [9.17, 15) is 17.6 Å². The standard InChI is InChI=1S/C19H22ClFN4O3S/c20-17-10-14(21)3-8-18(17)25-29(27,28)16-6-4-15(5-7-16)24-19(26)23-12-13-2-1-9-22-11-13/h1-2,4-7,9,11,14,17-18,25H,3,8,10,12H2,(H2,23,24,26). The van der Waals surface area contributed by atoms with Gasteiger partial charge in [-0.2, -0.15) is 0 Å². The molecule has 1 aromatic heterocycles. The Hall–Kier alpha value is -2.23. The van der Waals surface area contributed by atoms with Gasteiger partial charge in [0.25, 0.3) is 0 Å². The predicted octanol–water partition coefficient (Wildman–Crippen LogP) is 3.18. The highest BCUT2D eigenvalue weighted by atomic mass is 35.5. The van der Waals surface area contributed by atoms with Crippen LogP contribution in [0.5, 0.6) is 0 Å². The minimum absolute atomic E-state index is 0.0463. The number of anilines is 1. The third kappa shape index (κ3) is 6.12. The summed E-state index contributed by atoms with van der Waals surface area (Å²) in [6, 6.07) is 8.46. The highest BCUT2D eigenvalue weighted by molar-refractivity contribution is 7.89. The number of carbonyl (C=O) groups excluding carboxylic acids is 1. The number of benzene rings is 1. The van der Waals surface area contributed by atoms with Crippen LogP contribution < -0.4 is 15.4 Å². The topological polar surface area (TPSA) is 100 Å². The van der Waals surface area contributed by atoms with Crippen molar-refractivity contribution in [1.29, 1.82) is 0 Å². The fraction of sp³-hybridized carbons (Fsp3) is 0.368. The Labute approximate surface area is 174 Å². The van der Waals surface area contributed by atoms with Crippen molar-refractivity contribution in [2.45, 2.75) is 48.3 Å². The summed E-state index contributed by atoms with van der Waals surface area (Å²) in [5.74, 6) is 0. The van der Waals surface area contributed by atoms with Gasteiger partial charge in [0.2, 0.25) is 10.0 Å². The monoisotopic (exact) mass is 440 g/mol. The Morgan fingerprint density at radius 3 is 2.62 bits per heavy atom. The lowest BCUT2D eigenvalue weighted by Crippen LogP contribution is -2.44. The number of hydrogen-bond acceptors (Lipinski definition) is 4. The lowest BCUT2D eigenvalue weighted by molar-refractivity contribution is 0.233. The molecule has 7 nitrogen and oxygen atoms in total. The molecule has 3 N–H and O–H groups in total. The Morgan fingerprint density at radius 1 is 1.21 bits per heavy atom. The minimum Gasteiger partial charge on any atom is -0.334 e. The normalized spacial score (nSPS) is 22.1. The van der Waals surface area contributed by atoms with Crippen molar-refractivity contribution in [1.82, 2.24) is 15.0 Å². The molecule has 1 aliphatic carbocycles. The van der Waals surface area contributed by atoms with Gasteiger partial charge in [-0.25, -0.2) is 22.3 Å². The zero-order chi connectivity index (χ0) is 20.9. The molecule has 3 rings (SSSR count). The minimum atomic E-state index is -3.79. The number of rotatable bonds is 6. The first-order valence-electron chi connectivity index (χ1n) is 9.18. The summed E-state index contributed by atoms with van der Waals surface area (Å²) in [7, 11) is -3.79. The molecule has 156 valence electrons. The maximum Gasteiger partial charge on any atom is 0.319 e. The molecule has 0 radical (unpaired) electrons. The maximum atomic E-state index is 13.4. The first-order chi connectivity index (χ1) is 13.8. The van der Waals surface area contributed by atoms with E-state index in [4.69, 9.17) is 11.6 Å². The average molecular weight is 441 g/mol. The lowest BCUT2D eigenvalue weighted by atomic mass is 9.94. The molecule has 2 amide bonds. The molecule has 3 unspecified atom stereocenters. The second-order valence-electron chi connectivity index (χ2n) is 6.85. The van der Waals surface area contributed by atoms with Crippen molar-refractivity contribution >= 4 is 33.3 Å². The number of aromatic nitrogens is 1. The van der Waals surface area contributed by atoms with Gasteiger partial charge in [-0.05, 0) is 55.2 Å². The van der Waals surface area contributed by atoms with Crippen LogP contribution in [0.4, 0.5) is 14.9 Å². The Bertz CT molecular complexity index is 928. The number of nitrogens with one attached hydrogen (secondary N) is 3. The van der Waals surface area contributed by atoms with Gasteiger partial charge in [0.15, 0.2) is 0 Å². The van der Waals surface area contributed by atoms with E-state index < -0.39 is 33.6 Å². The van der Waals surface area contributed by atoms with Crippen LogP contribution in [-0.2, 0) is 16.6 Å². The van der Waals surface area contributed by atoms with E-state index in [0.29, 0.717) is 18.7 Å². The van der Waals surface area contributed by atoms with Gasteiger partial charge in [0.1, 0.15) is 6.17 Å². The van der Waals surface area contributed by atoms with Crippen LogP contribution >= 0.6 is 11.6 Å². The fourth-order valence-corrected chi connectivity index (χ4v) is 4.81. The number of hydrogen-bond donors (Lipinski definition) is 3. The van der Waals surface area contributed by atoms with Crippen molar-refractivity contribution in [3.05, 3.63) is 54.4 Å². The SMILES string of the molecule is O=C(NCc1cccnc1)Nc1ccc(S(=O)(=O)NC2CCC(F)CC2Cl)cc1.